The number of nitrogens with zero attached hydrogens (tertiary/aromatic N) is 1. The van der Waals surface area contributed by atoms with Crippen molar-refractivity contribution in [3.8, 4) is 0 Å². The number of nitrogens with one attached hydrogen (secondary N) is 1. The van der Waals surface area contributed by atoms with E-state index in [1.165, 1.54) is 0 Å². The lowest BCUT2D eigenvalue weighted by Gasteiger charge is -2.34. The molecular formula is C11H24N2O. The smallest absolute Gasteiger partial charge is 0.317 e. The van der Waals surface area contributed by atoms with Crippen LogP contribution in [0.25, 0.3) is 0 Å². The molecule has 3 heteroatoms. The van der Waals surface area contributed by atoms with E-state index in [9.17, 15) is 4.79 Å². The third kappa shape index (κ3) is 4.49. The highest BCUT2D eigenvalue weighted by molar-refractivity contribution is 5.74. The number of unbranched alkanes of at least 4 members (excludes halogenated alkanes) is 1. The molecule has 0 radical (unpaired) electrons. The van der Waals surface area contributed by atoms with Crippen LogP contribution in [0.2, 0.25) is 0 Å². The van der Waals surface area contributed by atoms with E-state index in [0.29, 0.717) is 0 Å². The van der Waals surface area contributed by atoms with Crippen molar-refractivity contribution in [2.45, 2.75) is 53.0 Å². The van der Waals surface area contributed by atoms with Gasteiger partial charge in [0.25, 0.3) is 0 Å². The second-order valence-electron chi connectivity index (χ2n) is 4.50. The van der Waals surface area contributed by atoms with Crippen molar-refractivity contribution in [3.63, 3.8) is 0 Å². The normalized spacial score (nSPS) is 11.2. The van der Waals surface area contributed by atoms with E-state index in [4.69, 9.17) is 0 Å². The Labute approximate surface area is 87.9 Å². The van der Waals surface area contributed by atoms with Gasteiger partial charge < -0.3 is 10.2 Å². The second kappa shape index (κ2) is 5.89. The second-order valence-corrected chi connectivity index (χ2v) is 4.50. The Morgan fingerprint density at radius 3 is 2.21 bits per heavy atom. The molecule has 0 heterocycles. The Bertz CT molecular complexity index is 173. The van der Waals surface area contributed by atoms with Gasteiger partial charge in [-0.25, -0.2) is 4.79 Å². The zero-order valence-electron chi connectivity index (χ0n) is 10.2. The number of carbonyl (C=O) groups is 1. The van der Waals surface area contributed by atoms with E-state index in [-0.39, 0.29) is 11.6 Å². The van der Waals surface area contributed by atoms with E-state index in [1.807, 2.05) is 11.8 Å². The van der Waals surface area contributed by atoms with Crippen LogP contribution in [0.3, 0.4) is 0 Å². The number of amides is 2. The van der Waals surface area contributed by atoms with Crippen molar-refractivity contribution in [1.29, 1.82) is 0 Å². The summed E-state index contributed by atoms with van der Waals surface area (Å²) in [6, 6.07) is 0.0495. The first kappa shape index (κ1) is 13.3. The summed E-state index contributed by atoms with van der Waals surface area (Å²) in [5.74, 6) is 0. The maximum absolute atomic E-state index is 11.7. The van der Waals surface area contributed by atoms with Crippen LogP contribution in [0.4, 0.5) is 4.79 Å². The van der Waals surface area contributed by atoms with E-state index in [2.05, 4.69) is 33.0 Å². The summed E-state index contributed by atoms with van der Waals surface area (Å²) in [5, 5.41) is 2.93. The molecule has 14 heavy (non-hydrogen) atoms. The van der Waals surface area contributed by atoms with Crippen LogP contribution in [-0.2, 0) is 0 Å². The first-order valence-corrected chi connectivity index (χ1v) is 5.49. The van der Waals surface area contributed by atoms with E-state index in [1.54, 1.807) is 0 Å². The topological polar surface area (TPSA) is 32.3 Å². The SMILES string of the molecule is CCCCNC(=O)N(CC)C(C)(C)C. The quantitative estimate of drug-likeness (QED) is 0.695. The van der Waals surface area contributed by atoms with Gasteiger partial charge in [-0.15, -0.1) is 0 Å². The summed E-state index contributed by atoms with van der Waals surface area (Å²) in [6.45, 7) is 11.8. The number of rotatable bonds is 4. The minimum absolute atomic E-state index is 0.0495. The van der Waals surface area contributed by atoms with Gasteiger partial charge in [0, 0.05) is 18.6 Å². The molecule has 0 spiro atoms. The van der Waals surface area contributed by atoms with E-state index < -0.39 is 0 Å². The minimum Gasteiger partial charge on any atom is -0.338 e. The molecule has 0 fully saturated rings. The molecule has 0 aromatic carbocycles. The van der Waals surface area contributed by atoms with Gasteiger partial charge in [-0.2, -0.15) is 0 Å². The predicted molar refractivity (Wildman–Crippen MR) is 60.4 cm³/mol. The zero-order valence-corrected chi connectivity index (χ0v) is 10.2. The molecular weight excluding hydrogens is 176 g/mol. The van der Waals surface area contributed by atoms with Gasteiger partial charge in [0.05, 0.1) is 0 Å². The molecule has 0 saturated heterocycles. The maximum Gasteiger partial charge on any atom is 0.317 e. The Hall–Kier alpha value is -0.730. The van der Waals surface area contributed by atoms with Crippen LogP contribution in [0, 0.1) is 0 Å². The Morgan fingerprint density at radius 1 is 1.29 bits per heavy atom. The molecule has 0 aromatic heterocycles. The molecule has 0 unspecified atom stereocenters. The summed E-state index contributed by atoms with van der Waals surface area (Å²) >= 11 is 0. The number of hydrogen-bond donors (Lipinski definition) is 1. The van der Waals surface area contributed by atoms with Crippen molar-refractivity contribution in [2.24, 2.45) is 0 Å². The lowest BCUT2D eigenvalue weighted by atomic mass is 10.1. The van der Waals surface area contributed by atoms with Crippen LogP contribution in [0.15, 0.2) is 0 Å². The predicted octanol–water partition coefficient (Wildman–Crippen LogP) is 2.62. The highest BCUT2D eigenvalue weighted by Gasteiger charge is 2.23. The fraction of sp³-hybridized carbons (Fsp3) is 0.909. The van der Waals surface area contributed by atoms with Gasteiger partial charge in [0.15, 0.2) is 0 Å². The Balaban J connectivity index is 4.06. The van der Waals surface area contributed by atoms with Crippen LogP contribution in [0.5, 0.6) is 0 Å². The van der Waals surface area contributed by atoms with Crippen LogP contribution >= 0.6 is 0 Å². The average Bonchev–Trinajstić information content (AvgIpc) is 2.03. The van der Waals surface area contributed by atoms with Gasteiger partial charge >= 0.3 is 6.03 Å². The molecule has 3 nitrogen and oxygen atoms in total. The fourth-order valence-electron chi connectivity index (χ4n) is 1.39. The summed E-state index contributed by atoms with van der Waals surface area (Å²) in [4.78, 5) is 13.6. The van der Waals surface area contributed by atoms with Gasteiger partial charge in [0.2, 0.25) is 0 Å². The first-order valence-electron chi connectivity index (χ1n) is 5.49. The van der Waals surface area contributed by atoms with Gasteiger partial charge in [-0.05, 0) is 34.1 Å². The molecule has 0 saturated carbocycles. The molecule has 2 amide bonds. The molecule has 1 N–H and O–H groups in total. The van der Waals surface area contributed by atoms with Gasteiger partial charge in [0.1, 0.15) is 0 Å². The maximum atomic E-state index is 11.7. The zero-order chi connectivity index (χ0) is 11.2. The van der Waals surface area contributed by atoms with Crippen molar-refractivity contribution in [1.82, 2.24) is 10.2 Å². The minimum atomic E-state index is -0.0922. The molecule has 0 aliphatic carbocycles. The van der Waals surface area contributed by atoms with Crippen molar-refractivity contribution in [2.75, 3.05) is 13.1 Å². The van der Waals surface area contributed by atoms with Crippen molar-refractivity contribution >= 4 is 6.03 Å². The van der Waals surface area contributed by atoms with Crippen LogP contribution in [0.1, 0.15) is 47.5 Å². The van der Waals surface area contributed by atoms with E-state index >= 15 is 0 Å². The Kier molecular flexibility index (Phi) is 5.58. The third-order valence-corrected chi connectivity index (χ3v) is 2.18. The van der Waals surface area contributed by atoms with Gasteiger partial charge in [-0.1, -0.05) is 13.3 Å². The monoisotopic (exact) mass is 200 g/mol. The highest BCUT2D eigenvalue weighted by Crippen LogP contribution is 2.12. The Morgan fingerprint density at radius 2 is 1.86 bits per heavy atom. The third-order valence-electron chi connectivity index (χ3n) is 2.18. The average molecular weight is 200 g/mol. The fourth-order valence-corrected chi connectivity index (χ4v) is 1.39. The molecule has 0 bridgehead atoms. The first-order chi connectivity index (χ1) is 6.43. The number of carbonyl (C=O) groups excluding carboxylic acids is 1. The van der Waals surface area contributed by atoms with E-state index in [0.717, 1.165) is 25.9 Å². The van der Waals surface area contributed by atoms with Crippen LogP contribution in [-0.4, -0.2) is 29.6 Å². The highest BCUT2D eigenvalue weighted by atomic mass is 16.2. The number of urea groups is 1. The van der Waals surface area contributed by atoms with Crippen molar-refractivity contribution in [3.05, 3.63) is 0 Å². The lowest BCUT2D eigenvalue weighted by Crippen LogP contribution is -2.50. The molecule has 0 rings (SSSR count). The molecule has 0 aliphatic rings. The molecule has 0 aromatic rings. The largest absolute Gasteiger partial charge is 0.338 e. The van der Waals surface area contributed by atoms with Crippen molar-refractivity contribution < 1.29 is 4.79 Å². The van der Waals surface area contributed by atoms with Gasteiger partial charge in [-0.3, -0.25) is 0 Å². The molecule has 84 valence electrons. The summed E-state index contributed by atoms with van der Waals surface area (Å²) in [5.41, 5.74) is -0.0922. The molecule has 0 atom stereocenters. The molecule has 0 aliphatic heterocycles. The lowest BCUT2D eigenvalue weighted by molar-refractivity contribution is 0.150. The summed E-state index contributed by atoms with van der Waals surface area (Å²) < 4.78 is 0. The van der Waals surface area contributed by atoms with Crippen LogP contribution < -0.4 is 5.32 Å². The summed E-state index contributed by atoms with van der Waals surface area (Å²) in [7, 11) is 0. The standard InChI is InChI=1S/C11H24N2O/c1-6-8-9-12-10(14)13(7-2)11(3,4)5/h6-9H2,1-5H3,(H,12,14). The number of hydrogen-bond acceptors (Lipinski definition) is 1. The summed E-state index contributed by atoms with van der Waals surface area (Å²) in [6.07, 6.45) is 2.16.